The topological polar surface area (TPSA) is 0 Å². The average Bonchev–Trinajstić information content (AvgIpc) is 1.95. The highest BCUT2D eigenvalue weighted by Gasteiger charge is 2.00. The number of aryl methyl sites for hydroxylation is 1. The van der Waals surface area contributed by atoms with Gasteiger partial charge in [0.25, 0.3) is 0 Å². The molecule has 1 rings (SSSR count). The Bertz CT molecular complexity index is 235. The van der Waals surface area contributed by atoms with E-state index in [1.54, 1.807) is 0 Å². The highest BCUT2D eigenvalue weighted by Crippen LogP contribution is 2.31. The Hall–Kier alpha value is 0.150. The van der Waals surface area contributed by atoms with Gasteiger partial charge in [-0.3, -0.25) is 0 Å². The molecule has 54 valence electrons. The number of hydrogen-bond donors (Lipinski definition) is 0. The summed E-state index contributed by atoms with van der Waals surface area (Å²) in [7, 11) is 6.69. The second-order valence-corrected chi connectivity index (χ2v) is 3.40. The van der Waals surface area contributed by atoms with E-state index in [0.717, 1.165) is 26.5 Å². The molecular formula is C7H6Cl2S. The molecule has 0 atom stereocenters. The van der Waals surface area contributed by atoms with Gasteiger partial charge in [0.05, 0.1) is 5.02 Å². The summed E-state index contributed by atoms with van der Waals surface area (Å²) in [5.41, 5.74) is 1.06. The Morgan fingerprint density at radius 2 is 2.10 bits per heavy atom. The van der Waals surface area contributed by atoms with Crippen molar-refractivity contribution >= 4 is 33.3 Å². The van der Waals surface area contributed by atoms with Gasteiger partial charge in [-0.1, -0.05) is 23.7 Å². The smallest absolute Gasteiger partial charge is 0.0583 e. The Balaban J connectivity index is 3.14. The largest absolute Gasteiger partial charge is 0.0828 e. The van der Waals surface area contributed by atoms with Crippen LogP contribution in [-0.2, 0) is 0 Å². The molecular weight excluding hydrogens is 187 g/mol. The Labute approximate surface area is 74.0 Å². The van der Waals surface area contributed by atoms with Crippen LogP contribution in [0.3, 0.4) is 0 Å². The van der Waals surface area contributed by atoms with Gasteiger partial charge in [-0.05, 0) is 40.2 Å². The molecule has 0 N–H and O–H groups in total. The molecule has 1 aromatic rings. The predicted octanol–water partition coefficient (Wildman–Crippen LogP) is 3.89. The molecule has 1 aromatic carbocycles. The van der Waals surface area contributed by atoms with Crippen LogP contribution >= 0.6 is 33.3 Å². The second kappa shape index (κ2) is 3.51. The van der Waals surface area contributed by atoms with Crippen LogP contribution in [0.5, 0.6) is 0 Å². The first-order chi connectivity index (χ1) is 4.75. The van der Waals surface area contributed by atoms with Gasteiger partial charge in [0.15, 0.2) is 0 Å². The Kier molecular flexibility index (Phi) is 2.90. The average molecular weight is 193 g/mol. The lowest BCUT2D eigenvalue weighted by Gasteiger charge is -1.99. The standard InChI is InChI=1S/C7H6Cl2S/c1-5-3-2-4-6(10-9)7(5)8/h2-4H,1H3. The van der Waals surface area contributed by atoms with Gasteiger partial charge in [0, 0.05) is 4.90 Å². The predicted molar refractivity (Wildman–Crippen MR) is 47.9 cm³/mol. The highest BCUT2D eigenvalue weighted by molar-refractivity contribution is 8.21. The Morgan fingerprint density at radius 1 is 1.40 bits per heavy atom. The molecule has 0 saturated heterocycles. The first-order valence-corrected chi connectivity index (χ1v) is 4.81. The zero-order valence-electron chi connectivity index (χ0n) is 5.40. The molecule has 0 spiro atoms. The first-order valence-electron chi connectivity index (χ1n) is 2.79. The summed E-state index contributed by atoms with van der Waals surface area (Å²) in [6.07, 6.45) is 0. The molecule has 0 fully saturated rings. The van der Waals surface area contributed by atoms with E-state index in [1.165, 1.54) is 0 Å². The number of benzene rings is 1. The van der Waals surface area contributed by atoms with Crippen LogP contribution in [0.25, 0.3) is 0 Å². The Morgan fingerprint density at radius 3 is 2.60 bits per heavy atom. The lowest BCUT2D eigenvalue weighted by molar-refractivity contribution is 1.37. The van der Waals surface area contributed by atoms with Gasteiger partial charge < -0.3 is 0 Å². The number of halogens is 2. The normalized spacial score (nSPS) is 9.90. The van der Waals surface area contributed by atoms with E-state index in [1.807, 2.05) is 25.1 Å². The van der Waals surface area contributed by atoms with E-state index >= 15 is 0 Å². The fraction of sp³-hybridized carbons (Fsp3) is 0.143. The van der Waals surface area contributed by atoms with Crippen molar-refractivity contribution in [3.63, 3.8) is 0 Å². The maximum Gasteiger partial charge on any atom is 0.0583 e. The lowest BCUT2D eigenvalue weighted by Crippen LogP contribution is -1.75. The molecule has 0 unspecified atom stereocenters. The quantitative estimate of drug-likeness (QED) is 0.651. The molecule has 0 aliphatic carbocycles. The van der Waals surface area contributed by atoms with Crippen LogP contribution in [-0.4, -0.2) is 0 Å². The van der Waals surface area contributed by atoms with Gasteiger partial charge in [0.2, 0.25) is 0 Å². The summed E-state index contributed by atoms with van der Waals surface area (Å²) >= 11 is 5.89. The summed E-state index contributed by atoms with van der Waals surface area (Å²) in [5.74, 6) is 0. The molecule has 0 nitrogen and oxygen atoms in total. The maximum absolute atomic E-state index is 5.89. The zero-order chi connectivity index (χ0) is 7.56. The van der Waals surface area contributed by atoms with Gasteiger partial charge in [-0.15, -0.1) is 0 Å². The second-order valence-electron chi connectivity index (χ2n) is 1.96. The molecule has 0 saturated carbocycles. The molecule has 0 aliphatic heterocycles. The molecule has 3 heteroatoms. The summed E-state index contributed by atoms with van der Waals surface area (Å²) in [5, 5.41) is 0.752. The van der Waals surface area contributed by atoms with Crippen molar-refractivity contribution in [1.29, 1.82) is 0 Å². The molecule has 0 aliphatic rings. The van der Waals surface area contributed by atoms with Crippen molar-refractivity contribution in [2.45, 2.75) is 11.8 Å². The highest BCUT2D eigenvalue weighted by atomic mass is 35.7. The van der Waals surface area contributed by atoms with Gasteiger partial charge in [-0.25, -0.2) is 0 Å². The van der Waals surface area contributed by atoms with Crippen molar-refractivity contribution in [3.8, 4) is 0 Å². The summed E-state index contributed by atoms with van der Waals surface area (Å²) < 4.78 is 0. The summed E-state index contributed by atoms with van der Waals surface area (Å²) in [6.45, 7) is 1.96. The van der Waals surface area contributed by atoms with Crippen LogP contribution in [0.2, 0.25) is 5.02 Å². The fourth-order valence-corrected chi connectivity index (χ4v) is 1.78. The van der Waals surface area contributed by atoms with E-state index in [0.29, 0.717) is 0 Å². The number of rotatable bonds is 1. The molecule has 0 bridgehead atoms. The third-order valence-corrected chi connectivity index (χ3v) is 2.86. The molecule has 0 radical (unpaired) electrons. The first kappa shape index (κ1) is 8.25. The van der Waals surface area contributed by atoms with Gasteiger partial charge >= 0.3 is 0 Å². The van der Waals surface area contributed by atoms with Crippen molar-refractivity contribution in [2.75, 3.05) is 0 Å². The third kappa shape index (κ3) is 1.60. The molecule has 0 heterocycles. The van der Waals surface area contributed by atoms with Crippen LogP contribution in [0.4, 0.5) is 0 Å². The number of hydrogen-bond acceptors (Lipinski definition) is 1. The summed E-state index contributed by atoms with van der Waals surface area (Å²) in [4.78, 5) is 0.920. The minimum absolute atomic E-state index is 0.752. The maximum atomic E-state index is 5.89. The van der Waals surface area contributed by atoms with Gasteiger partial charge in [0.1, 0.15) is 0 Å². The van der Waals surface area contributed by atoms with Crippen molar-refractivity contribution in [1.82, 2.24) is 0 Å². The van der Waals surface area contributed by atoms with E-state index in [4.69, 9.17) is 22.3 Å². The van der Waals surface area contributed by atoms with E-state index < -0.39 is 0 Å². The fourth-order valence-electron chi connectivity index (χ4n) is 0.680. The molecule has 0 aromatic heterocycles. The van der Waals surface area contributed by atoms with Crippen LogP contribution in [0.15, 0.2) is 23.1 Å². The minimum atomic E-state index is 0.752. The van der Waals surface area contributed by atoms with Crippen LogP contribution < -0.4 is 0 Å². The van der Waals surface area contributed by atoms with Crippen molar-refractivity contribution in [3.05, 3.63) is 28.8 Å². The van der Waals surface area contributed by atoms with Gasteiger partial charge in [-0.2, -0.15) is 0 Å². The van der Waals surface area contributed by atoms with E-state index in [9.17, 15) is 0 Å². The van der Waals surface area contributed by atoms with E-state index in [2.05, 4.69) is 0 Å². The minimum Gasteiger partial charge on any atom is -0.0828 e. The monoisotopic (exact) mass is 192 g/mol. The lowest BCUT2D eigenvalue weighted by atomic mass is 10.2. The molecule has 10 heavy (non-hydrogen) atoms. The summed E-state index contributed by atoms with van der Waals surface area (Å²) in [6, 6.07) is 5.79. The third-order valence-electron chi connectivity index (χ3n) is 1.24. The SMILES string of the molecule is Cc1cccc(SCl)c1Cl. The van der Waals surface area contributed by atoms with Crippen LogP contribution in [0.1, 0.15) is 5.56 Å². The molecule has 0 amide bonds. The van der Waals surface area contributed by atoms with Crippen molar-refractivity contribution in [2.24, 2.45) is 0 Å². The van der Waals surface area contributed by atoms with Crippen LogP contribution in [0, 0.1) is 6.92 Å². The van der Waals surface area contributed by atoms with Crippen molar-refractivity contribution < 1.29 is 0 Å². The van der Waals surface area contributed by atoms with E-state index in [-0.39, 0.29) is 0 Å². The zero-order valence-corrected chi connectivity index (χ0v) is 7.72.